The van der Waals surface area contributed by atoms with Gasteiger partial charge in [-0.15, -0.1) is 0 Å². The number of aliphatic hydroxyl groups excluding tert-OH is 1. The second-order valence-electron chi connectivity index (χ2n) is 12.0. The van der Waals surface area contributed by atoms with Crippen molar-refractivity contribution in [2.45, 2.75) is 30.7 Å². The zero-order valence-electron chi connectivity index (χ0n) is 27.5. The Morgan fingerprint density at radius 2 is 0.929 bits per heavy atom. The number of aromatic hydroxyl groups is 12. The van der Waals surface area contributed by atoms with Gasteiger partial charge in [0.2, 0.25) is 17.8 Å². The lowest BCUT2D eigenvalue weighted by molar-refractivity contribution is -0.283. The molecule has 56 heavy (non-hydrogen) atoms. The summed E-state index contributed by atoms with van der Waals surface area (Å²) in [6.45, 7) is -1.10. The van der Waals surface area contributed by atoms with Crippen LogP contribution in [0.15, 0.2) is 36.4 Å². The molecule has 1 saturated heterocycles. The molecule has 0 unspecified atom stereocenters. The first kappa shape index (κ1) is 38.0. The molecule has 4 aromatic rings. The van der Waals surface area contributed by atoms with Gasteiger partial charge in [0.1, 0.15) is 12.7 Å². The molecule has 0 bridgehead atoms. The number of hydrogen-bond donors (Lipinski definition) is 13. The lowest BCUT2D eigenvalue weighted by atomic mass is 9.91. The average molecular weight is 787 g/mol. The van der Waals surface area contributed by atoms with Crippen LogP contribution in [0.3, 0.4) is 0 Å². The highest BCUT2D eigenvalue weighted by Gasteiger charge is 2.53. The third-order valence-corrected chi connectivity index (χ3v) is 8.51. The van der Waals surface area contributed by atoms with Crippen molar-refractivity contribution in [1.82, 2.24) is 0 Å². The number of aliphatic hydroxyl groups is 1. The van der Waals surface area contributed by atoms with E-state index in [1.54, 1.807) is 0 Å². The Morgan fingerprint density at radius 1 is 0.536 bits per heavy atom. The van der Waals surface area contributed by atoms with Crippen LogP contribution in [0.4, 0.5) is 0 Å². The molecule has 6 rings (SSSR count). The summed E-state index contributed by atoms with van der Waals surface area (Å²) in [5.41, 5.74) is -5.10. The fourth-order valence-corrected chi connectivity index (χ4v) is 5.75. The first-order chi connectivity index (χ1) is 26.3. The third-order valence-electron chi connectivity index (χ3n) is 8.51. The van der Waals surface area contributed by atoms with Crippen molar-refractivity contribution in [2.24, 2.45) is 0 Å². The molecular weight excluding hydrogens is 760 g/mol. The van der Waals surface area contributed by atoms with Crippen molar-refractivity contribution in [3.8, 4) is 80.1 Å². The molecule has 1 fully saturated rings. The number of carbonyl (C=O) groups excluding carboxylic acids is 4. The van der Waals surface area contributed by atoms with E-state index in [2.05, 4.69) is 0 Å². The second kappa shape index (κ2) is 13.9. The number of rotatable bonds is 5. The molecule has 2 aliphatic rings. The number of phenols is 12. The smallest absolute Gasteiger partial charge is 0.340 e. The Kier molecular flexibility index (Phi) is 9.45. The van der Waals surface area contributed by atoms with Crippen LogP contribution in [-0.4, -0.2) is 128 Å². The van der Waals surface area contributed by atoms with E-state index < -0.39 is 164 Å². The average Bonchev–Trinajstić information content (AvgIpc) is 3.15. The summed E-state index contributed by atoms with van der Waals surface area (Å²) in [7, 11) is 0. The van der Waals surface area contributed by atoms with Crippen molar-refractivity contribution < 1.29 is 109 Å². The molecule has 0 aliphatic carbocycles. The Labute approximate surface area is 309 Å². The molecule has 13 N–H and O–H groups in total. The summed E-state index contributed by atoms with van der Waals surface area (Å²) in [6, 6.07) is 3.59. The highest BCUT2D eigenvalue weighted by Crippen LogP contribution is 2.53. The minimum atomic E-state index is -2.40. The quantitative estimate of drug-likeness (QED) is 0.0751. The van der Waals surface area contributed by atoms with Gasteiger partial charge < -0.3 is 90.1 Å². The molecule has 0 aromatic heterocycles. The molecule has 2 heterocycles. The maximum absolute atomic E-state index is 13.9. The standard InChI is InChI=1S/C34H26O22/c35-12-1-8(2-13(36)21(12)41)30(48)52-7-18-28-29(27(47)34(53-18)56-31(49)9-3-14(37)22(42)15(38)4-9)55-33(51)11-6-17(40)24(44)26(46)20(11)19-10(32(50)54-28)5-16(39)23(43)25(19)45/h1-6,18,27-29,34-47H,7H2/t18-,27-,28-,29-,34-/m1/s1. The van der Waals surface area contributed by atoms with E-state index in [1.807, 2.05) is 0 Å². The molecule has 22 heteroatoms. The first-order valence-electron chi connectivity index (χ1n) is 15.5. The van der Waals surface area contributed by atoms with Crippen LogP contribution in [0.1, 0.15) is 41.4 Å². The van der Waals surface area contributed by atoms with Crippen LogP contribution in [0.25, 0.3) is 11.1 Å². The zero-order chi connectivity index (χ0) is 41.1. The van der Waals surface area contributed by atoms with Crippen LogP contribution in [0.5, 0.6) is 69.0 Å². The number of fused-ring (bicyclic) bond motifs is 4. The van der Waals surface area contributed by atoms with Gasteiger partial charge in [-0.1, -0.05) is 0 Å². The maximum Gasteiger partial charge on any atom is 0.340 e. The van der Waals surface area contributed by atoms with Crippen LogP contribution in [0.2, 0.25) is 0 Å². The van der Waals surface area contributed by atoms with E-state index in [-0.39, 0.29) is 0 Å². The zero-order valence-corrected chi connectivity index (χ0v) is 27.5. The van der Waals surface area contributed by atoms with Gasteiger partial charge in [0.25, 0.3) is 0 Å². The topological polar surface area (TPSA) is 377 Å². The van der Waals surface area contributed by atoms with Gasteiger partial charge in [-0.05, 0) is 36.4 Å². The summed E-state index contributed by atoms with van der Waals surface area (Å²) >= 11 is 0. The van der Waals surface area contributed by atoms with Crippen LogP contribution < -0.4 is 0 Å². The molecular formula is C34H26O22. The summed E-state index contributed by atoms with van der Waals surface area (Å²) in [6.07, 6.45) is -11.1. The van der Waals surface area contributed by atoms with Gasteiger partial charge in [0.15, 0.2) is 75.8 Å². The Balaban J connectivity index is 1.46. The van der Waals surface area contributed by atoms with Crippen molar-refractivity contribution in [2.75, 3.05) is 6.61 Å². The molecule has 0 amide bonds. The molecule has 0 radical (unpaired) electrons. The second-order valence-corrected chi connectivity index (χ2v) is 12.0. The number of benzene rings is 4. The fraction of sp³-hybridized carbons (Fsp3) is 0.176. The summed E-state index contributed by atoms with van der Waals surface area (Å²) < 4.78 is 26.9. The number of carbonyl (C=O) groups is 4. The normalized spacial score (nSPS) is 20.3. The number of phenolic OH excluding ortho intramolecular Hbond substituents is 12. The lowest BCUT2D eigenvalue weighted by Crippen LogP contribution is -2.62. The minimum absolute atomic E-state index is 0.483. The summed E-state index contributed by atoms with van der Waals surface area (Å²) in [4.78, 5) is 53.8. The molecule has 0 spiro atoms. The third kappa shape index (κ3) is 6.45. The van der Waals surface area contributed by atoms with Gasteiger partial charge in [0.05, 0.1) is 22.3 Å². The van der Waals surface area contributed by atoms with E-state index in [0.29, 0.717) is 36.4 Å². The van der Waals surface area contributed by atoms with Crippen LogP contribution >= 0.6 is 0 Å². The van der Waals surface area contributed by atoms with E-state index in [9.17, 15) is 85.6 Å². The fourth-order valence-electron chi connectivity index (χ4n) is 5.75. The summed E-state index contributed by atoms with van der Waals surface area (Å²) in [5, 5.41) is 133. The Morgan fingerprint density at radius 3 is 1.38 bits per heavy atom. The Bertz CT molecular complexity index is 2210. The largest absolute Gasteiger partial charge is 0.504 e. The molecule has 0 saturated carbocycles. The molecule has 294 valence electrons. The van der Waals surface area contributed by atoms with Gasteiger partial charge in [-0.3, -0.25) is 0 Å². The van der Waals surface area contributed by atoms with E-state index >= 15 is 0 Å². The number of hydrogen-bond acceptors (Lipinski definition) is 22. The Hall–Kier alpha value is -7.72. The molecule has 4 aromatic carbocycles. The first-order valence-corrected chi connectivity index (χ1v) is 15.5. The molecule has 22 nitrogen and oxygen atoms in total. The van der Waals surface area contributed by atoms with Gasteiger partial charge in [0, 0.05) is 11.1 Å². The monoisotopic (exact) mass is 786 g/mol. The van der Waals surface area contributed by atoms with Gasteiger partial charge in [-0.2, -0.15) is 0 Å². The minimum Gasteiger partial charge on any atom is -0.504 e. The van der Waals surface area contributed by atoms with Gasteiger partial charge in [-0.25, -0.2) is 19.2 Å². The number of ether oxygens (including phenoxy) is 5. The van der Waals surface area contributed by atoms with E-state index in [4.69, 9.17) is 23.7 Å². The highest BCUT2D eigenvalue weighted by atomic mass is 16.7. The summed E-state index contributed by atoms with van der Waals surface area (Å²) in [5.74, 6) is -19.7. The maximum atomic E-state index is 13.9. The van der Waals surface area contributed by atoms with Crippen molar-refractivity contribution in [1.29, 1.82) is 0 Å². The predicted molar refractivity (Wildman–Crippen MR) is 174 cm³/mol. The SMILES string of the molecule is O=C(OC[C@H]1O[C@H](OC(=O)c2cc(O)c(O)c(O)c2)[C@H](O)[C@H]2OC(=O)c3cc(O)c(O)c(O)c3-c3c(cc(O)c(O)c3O)C(=O)O[C@@H]21)c1cc(O)c(O)c(O)c1. The van der Waals surface area contributed by atoms with Crippen LogP contribution in [-0.2, 0) is 23.7 Å². The molecule has 5 atom stereocenters. The number of esters is 4. The van der Waals surface area contributed by atoms with E-state index in [0.717, 1.165) is 0 Å². The van der Waals surface area contributed by atoms with Crippen molar-refractivity contribution in [3.05, 3.63) is 58.7 Å². The van der Waals surface area contributed by atoms with Gasteiger partial charge >= 0.3 is 23.9 Å². The van der Waals surface area contributed by atoms with Crippen molar-refractivity contribution >= 4 is 23.9 Å². The predicted octanol–water partition coefficient (Wildman–Crippen LogP) is 0.685. The highest BCUT2D eigenvalue weighted by molar-refractivity contribution is 6.08. The van der Waals surface area contributed by atoms with Crippen LogP contribution in [0, 0.1) is 0 Å². The van der Waals surface area contributed by atoms with E-state index in [1.165, 1.54) is 0 Å². The van der Waals surface area contributed by atoms with Crippen molar-refractivity contribution in [3.63, 3.8) is 0 Å². The lowest BCUT2D eigenvalue weighted by Gasteiger charge is -2.43. The molecule has 2 aliphatic heterocycles.